The molecule has 1 aliphatic rings. The van der Waals surface area contributed by atoms with Gasteiger partial charge in [0, 0.05) is 6.42 Å². The molecule has 0 spiro atoms. The van der Waals surface area contributed by atoms with Crippen molar-refractivity contribution in [2.75, 3.05) is 0 Å². The van der Waals surface area contributed by atoms with Crippen molar-refractivity contribution in [3.8, 4) is 0 Å². The lowest BCUT2D eigenvalue weighted by Crippen LogP contribution is -2.38. The SMILES string of the molecule is N=C1CCC(c2cc(F)c(F)c(F)c2)N1C(N)=O. The molecular formula is C11H10F3N3O. The maximum atomic E-state index is 13.1. The van der Waals surface area contributed by atoms with Gasteiger partial charge in [0.05, 0.1) is 6.04 Å². The van der Waals surface area contributed by atoms with Gasteiger partial charge in [-0.25, -0.2) is 18.0 Å². The molecule has 4 nitrogen and oxygen atoms in total. The molecule has 3 N–H and O–H groups in total. The van der Waals surface area contributed by atoms with Gasteiger partial charge in [-0.1, -0.05) is 0 Å². The second-order valence-corrected chi connectivity index (χ2v) is 4.01. The summed E-state index contributed by atoms with van der Waals surface area (Å²) in [4.78, 5) is 12.1. The van der Waals surface area contributed by atoms with Crippen molar-refractivity contribution in [3.05, 3.63) is 35.1 Å². The van der Waals surface area contributed by atoms with Crippen LogP contribution in [0.2, 0.25) is 0 Å². The van der Waals surface area contributed by atoms with Crippen LogP contribution in [-0.2, 0) is 0 Å². The molecule has 2 rings (SSSR count). The second kappa shape index (κ2) is 4.32. The van der Waals surface area contributed by atoms with Gasteiger partial charge < -0.3 is 5.73 Å². The first-order valence-electron chi connectivity index (χ1n) is 5.22. The maximum Gasteiger partial charge on any atom is 0.320 e. The summed E-state index contributed by atoms with van der Waals surface area (Å²) in [5, 5.41) is 7.53. The molecule has 0 bridgehead atoms. The van der Waals surface area contributed by atoms with Crippen LogP contribution in [0.5, 0.6) is 0 Å². The van der Waals surface area contributed by atoms with Gasteiger partial charge in [-0.2, -0.15) is 0 Å². The normalized spacial score (nSPS) is 19.4. The first-order valence-corrected chi connectivity index (χ1v) is 5.22. The van der Waals surface area contributed by atoms with E-state index in [1.807, 2.05) is 0 Å². The highest BCUT2D eigenvalue weighted by Crippen LogP contribution is 2.33. The van der Waals surface area contributed by atoms with Gasteiger partial charge in [0.1, 0.15) is 5.84 Å². The number of nitrogens with two attached hydrogens (primary N) is 1. The van der Waals surface area contributed by atoms with Crippen LogP contribution in [0.3, 0.4) is 0 Å². The number of urea groups is 1. The van der Waals surface area contributed by atoms with E-state index in [9.17, 15) is 18.0 Å². The lowest BCUT2D eigenvalue weighted by Gasteiger charge is -2.22. The van der Waals surface area contributed by atoms with E-state index in [0.717, 1.165) is 17.0 Å². The zero-order valence-electron chi connectivity index (χ0n) is 9.21. The highest BCUT2D eigenvalue weighted by atomic mass is 19.2. The fourth-order valence-electron chi connectivity index (χ4n) is 2.08. The van der Waals surface area contributed by atoms with E-state index >= 15 is 0 Å². The Balaban J connectivity index is 2.43. The number of carbonyl (C=O) groups is 1. The van der Waals surface area contributed by atoms with Crippen LogP contribution in [0.1, 0.15) is 24.4 Å². The van der Waals surface area contributed by atoms with E-state index in [0.29, 0.717) is 6.42 Å². The Morgan fingerprint density at radius 3 is 2.39 bits per heavy atom. The molecule has 7 heteroatoms. The molecule has 1 aromatic carbocycles. The van der Waals surface area contributed by atoms with Gasteiger partial charge in [0.2, 0.25) is 0 Å². The minimum Gasteiger partial charge on any atom is -0.351 e. The van der Waals surface area contributed by atoms with Crippen LogP contribution in [0.15, 0.2) is 12.1 Å². The van der Waals surface area contributed by atoms with E-state index in [4.69, 9.17) is 11.1 Å². The molecule has 96 valence electrons. The monoisotopic (exact) mass is 257 g/mol. The number of amides is 2. The molecule has 1 aromatic rings. The summed E-state index contributed by atoms with van der Waals surface area (Å²) in [6.45, 7) is 0. The van der Waals surface area contributed by atoms with Crippen LogP contribution in [0, 0.1) is 22.9 Å². The Morgan fingerprint density at radius 1 is 1.33 bits per heavy atom. The van der Waals surface area contributed by atoms with Crippen LogP contribution in [0.25, 0.3) is 0 Å². The Hall–Kier alpha value is -2.05. The van der Waals surface area contributed by atoms with Gasteiger partial charge >= 0.3 is 6.03 Å². The summed E-state index contributed by atoms with van der Waals surface area (Å²) < 4.78 is 39.1. The van der Waals surface area contributed by atoms with Crippen molar-refractivity contribution in [2.45, 2.75) is 18.9 Å². The Labute approximate surface area is 101 Å². The van der Waals surface area contributed by atoms with Crippen molar-refractivity contribution in [3.63, 3.8) is 0 Å². The van der Waals surface area contributed by atoms with Crippen LogP contribution in [0.4, 0.5) is 18.0 Å². The van der Waals surface area contributed by atoms with Crippen LogP contribution >= 0.6 is 0 Å². The topological polar surface area (TPSA) is 70.2 Å². The molecule has 1 unspecified atom stereocenters. The molecular weight excluding hydrogens is 247 g/mol. The molecule has 1 fully saturated rings. The average Bonchev–Trinajstić information content (AvgIpc) is 2.67. The van der Waals surface area contributed by atoms with Crippen molar-refractivity contribution in [2.24, 2.45) is 5.73 Å². The smallest absolute Gasteiger partial charge is 0.320 e. The standard InChI is InChI=1S/C11H10F3N3O/c12-6-3-5(4-7(13)10(6)14)8-1-2-9(15)17(8)11(16)18/h3-4,8,15H,1-2H2,(H2,16,18). The number of benzene rings is 1. The summed E-state index contributed by atoms with van der Waals surface area (Å²) in [6.07, 6.45) is 0.598. The van der Waals surface area contributed by atoms with Gasteiger partial charge in [0.25, 0.3) is 0 Å². The van der Waals surface area contributed by atoms with Crippen molar-refractivity contribution in [1.29, 1.82) is 5.41 Å². The van der Waals surface area contributed by atoms with E-state index in [1.165, 1.54) is 0 Å². The van der Waals surface area contributed by atoms with E-state index in [-0.39, 0.29) is 17.8 Å². The number of likely N-dealkylation sites (tertiary alicyclic amines) is 1. The summed E-state index contributed by atoms with van der Waals surface area (Å²) in [7, 11) is 0. The third-order valence-corrected chi connectivity index (χ3v) is 2.89. The van der Waals surface area contributed by atoms with Gasteiger partial charge in [-0.05, 0) is 24.1 Å². The Bertz CT molecular complexity index is 509. The van der Waals surface area contributed by atoms with E-state index < -0.39 is 29.5 Å². The third kappa shape index (κ3) is 1.92. The number of hydrogen-bond donors (Lipinski definition) is 2. The second-order valence-electron chi connectivity index (χ2n) is 4.01. The molecule has 0 aliphatic carbocycles. The minimum absolute atomic E-state index is 0.0161. The summed E-state index contributed by atoms with van der Waals surface area (Å²) >= 11 is 0. The lowest BCUT2D eigenvalue weighted by atomic mass is 10.0. The Kier molecular flexibility index (Phi) is 2.98. The van der Waals surface area contributed by atoms with E-state index in [2.05, 4.69) is 0 Å². The number of nitrogens with zero attached hydrogens (tertiary/aromatic N) is 1. The number of amidine groups is 1. The van der Waals surface area contributed by atoms with Crippen molar-refractivity contribution < 1.29 is 18.0 Å². The molecule has 0 aromatic heterocycles. The highest BCUT2D eigenvalue weighted by Gasteiger charge is 2.34. The van der Waals surface area contributed by atoms with Gasteiger partial charge in [0.15, 0.2) is 17.5 Å². The number of hydrogen-bond acceptors (Lipinski definition) is 2. The molecule has 1 heterocycles. The van der Waals surface area contributed by atoms with Gasteiger partial charge in [-0.15, -0.1) is 0 Å². The fraction of sp³-hybridized carbons (Fsp3) is 0.273. The van der Waals surface area contributed by atoms with Crippen LogP contribution < -0.4 is 5.73 Å². The van der Waals surface area contributed by atoms with Crippen LogP contribution in [-0.4, -0.2) is 16.8 Å². The Morgan fingerprint density at radius 2 is 1.89 bits per heavy atom. The first kappa shape index (κ1) is 12.4. The minimum atomic E-state index is -1.56. The largest absolute Gasteiger partial charge is 0.351 e. The molecule has 18 heavy (non-hydrogen) atoms. The number of carbonyl (C=O) groups excluding carboxylic acids is 1. The molecule has 1 atom stereocenters. The summed E-state index contributed by atoms with van der Waals surface area (Å²) in [5.41, 5.74) is 5.20. The zero-order chi connectivity index (χ0) is 13.4. The predicted octanol–water partition coefficient (Wildman–Crippen LogP) is 2.30. The molecule has 2 amide bonds. The third-order valence-electron chi connectivity index (χ3n) is 2.89. The quantitative estimate of drug-likeness (QED) is 0.744. The van der Waals surface area contributed by atoms with Crippen molar-refractivity contribution >= 4 is 11.9 Å². The maximum absolute atomic E-state index is 13.1. The van der Waals surface area contributed by atoms with Crippen molar-refractivity contribution in [1.82, 2.24) is 4.90 Å². The zero-order valence-corrected chi connectivity index (χ0v) is 9.21. The van der Waals surface area contributed by atoms with Gasteiger partial charge in [-0.3, -0.25) is 10.3 Å². The predicted molar refractivity (Wildman–Crippen MR) is 57.4 cm³/mol. The lowest BCUT2D eigenvalue weighted by molar-refractivity contribution is 0.221. The first-order chi connectivity index (χ1) is 8.41. The molecule has 1 saturated heterocycles. The number of primary amides is 1. The summed E-state index contributed by atoms with van der Waals surface area (Å²) in [6, 6.07) is 0.0436. The number of rotatable bonds is 1. The molecule has 1 aliphatic heterocycles. The highest BCUT2D eigenvalue weighted by molar-refractivity contribution is 5.97. The summed E-state index contributed by atoms with van der Waals surface area (Å²) in [5.74, 6) is -4.23. The average molecular weight is 257 g/mol. The number of halogens is 3. The fourth-order valence-corrected chi connectivity index (χ4v) is 2.08. The van der Waals surface area contributed by atoms with E-state index in [1.54, 1.807) is 0 Å². The molecule has 0 saturated carbocycles. The molecule has 0 radical (unpaired) electrons. The number of nitrogens with one attached hydrogen (secondary N) is 1.